The van der Waals surface area contributed by atoms with Gasteiger partial charge in [-0.1, -0.05) is 0 Å². The van der Waals surface area contributed by atoms with Crippen LogP contribution in [0.15, 0.2) is 33.5 Å². The molecule has 8 N–H and O–H groups in total. The minimum atomic E-state index is -1.71. The van der Waals surface area contributed by atoms with Crippen molar-refractivity contribution in [1.82, 2.24) is 0 Å². The number of hydrogen-bond donors (Lipinski definition) is 8. The second-order valence-corrected chi connectivity index (χ2v) is 7.85. The van der Waals surface area contributed by atoms with Crippen molar-refractivity contribution in [3.05, 3.63) is 40.1 Å². The largest absolute Gasteiger partial charge is 0.507 e. The summed E-state index contributed by atoms with van der Waals surface area (Å²) in [7, 11) is 0. The number of aromatic hydroxyl groups is 4. The molecule has 12 nitrogen and oxygen atoms in total. The number of ether oxygens (including phenoxy) is 2. The summed E-state index contributed by atoms with van der Waals surface area (Å²) in [6.07, 6.45) is -7.74. The molecule has 2 heterocycles. The van der Waals surface area contributed by atoms with E-state index in [-0.39, 0.29) is 39.4 Å². The third-order valence-electron chi connectivity index (χ3n) is 5.67. The van der Waals surface area contributed by atoms with Crippen LogP contribution in [0.1, 0.15) is 5.56 Å². The molecule has 1 aromatic heterocycles. The maximum atomic E-state index is 12.6. The van der Waals surface area contributed by atoms with Crippen molar-refractivity contribution in [3.8, 4) is 40.1 Å². The zero-order valence-electron chi connectivity index (χ0n) is 17.6. The quantitative estimate of drug-likeness (QED) is 0.244. The molecule has 4 rings (SSSR count). The Hall–Kier alpha value is -3.55. The summed E-state index contributed by atoms with van der Waals surface area (Å²) in [4.78, 5) is 12.6. The van der Waals surface area contributed by atoms with Crippen LogP contribution in [-0.2, 0) is 4.74 Å². The average molecular weight is 478 g/mol. The lowest BCUT2D eigenvalue weighted by molar-refractivity contribution is -0.277. The van der Waals surface area contributed by atoms with Crippen LogP contribution in [0.3, 0.4) is 0 Å². The molecule has 0 amide bonds. The van der Waals surface area contributed by atoms with Gasteiger partial charge in [0.15, 0.2) is 17.3 Å². The lowest BCUT2D eigenvalue weighted by Crippen LogP contribution is -2.60. The van der Waals surface area contributed by atoms with Crippen molar-refractivity contribution in [2.45, 2.75) is 37.6 Å². The van der Waals surface area contributed by atoms with Crippen LogP contribution in [0.5, 0.6) is 28.7 Å². The van der Waals surface area contributed by atoms with Gasteiger partial charge in [0.2, 0.25) is 17.5 Å². The van der Waals surface area contributed by atoms with Crippen LogP contribution in [0, 0.1) is 6.92 Å². The summed E-state index contributed by atoms with van der Waals surface area (Å²) >= 11 is 0. The van der Waals surface area contributed by atoms with E-state index in [2.05, 4.69) is 0 Å². The topological polar surface area (TPSA) is 211 Å². The molecule has 1 aliphatic heterocycles. The van der Waals surface area contributed by atoms with E-state index in [1.54, 1.807) is 0 Å². The van der Waals surface area contributed by atoms with E-state index in [1.807, 2.05) is 0 Å². The van der Waals surface area contributed by atoms with Crippen LogP contribution in [0.4, 0.5) is 0 Å². The standard InChI is InChI=1S/C22H22O12/c1-7-9(24)5-12-14(15(7)26)17(28)19(30)21(32-12)8-2-3-11(10(25)4-8)33-22-20(31)18(29)16(27)13(6-23)34-22/h2-5,13,16,18,20,22-27,29-31H,6H2,1H3. The number of aliphatic hydroxyl groups excluding tert-OH is 4. The fourth-order valence-electron chi connectivity index (χ4n) is 3.65. The SMILES string of the molecule is Cc1c(O)cc2oc(-c3ccc(OC4OC(CO)C(O)C(O)C4O)c(O)c3)c(O)c(=O)c2c1O. The normalized spacial score (nSPS) is 24.9. The van der Waals surface area contributed by atoms with E-state index in [0.717, 1.165) is 12.1 Å². The van der Waals surface area contributed by atoms with Gasteiger partial charge >= 0.3 is 0 Å². The van der Waals surface area contributed by atoms with Crippen LogP contribution in [-0.4, -0.2) is 78.2 Å². The molecule has 5 atom stereocenters. The molecule has 12 heteroatoms. The second kappa shape index (κ2) is 8.66. The molecule has 0 bridgehead atoms. The molecular weight excluding hydrogens is 456 g/mol. The number of hydrogen-bond acceptors (Lipinski definition) is 12. The minimum absolute atomic E-state index is 0.0229. The summed E-state index contributed by atoms with van der Waals surface area (Å²) in [6, 6.07) is 4.65. The number of phenolic OH excluding ortho intramolecular Hbond substituents is 3. The molecular formula is C22H22O12. The lowest BCUT2D eigenvalue weighted by atomic mass is 9.99. The minimum Gasteiger partial charge on any atom is -0.507 e. The van der Waals surface area contributed by atoms with Gasteiger partial charge in [0.05, 0.1) is 6.61 Å². The monoisotopic (exact) mass is 478 g/mol. The van der Waals surface area contributed by atoms with Gasteiger partial charge in [0.25, 0.3) is 0 Å². The van der Waals surface area contributed by atoms with Crippen LogP contribution < -0.4 is 10.2 Å². The van der Waals surface area contributed by atoms with Gasteiger partial charge in [0.1, 0.15) is 46.9 Å². The van der Waals surface area contributed by atoms with Crippen molar-refractivity contribution in [2.24, 2.45) is 0 Å². The van der Waals surface area contributed by atoms with Gasteiger partial charge in [-0.15, -0.1) is 0 Å². The zero-order valence-corrected chi connectivity index (χ0v) is 17.6. The van der Waals surface area contributed by atoms with Crippen LogP contribution in [0.25, 0.3) is 22.3 Å². The summed E-state index contributed by atoms with van der Waals surface area (Å²) < 4.78 is 16.1. The molecule has 182 valence electrons. The lowest BCUT2D eigenvalue weighted by Gasteiger charge is -2.39. The predicted octanol–water partition coefficient (Wildman–Crippen LogP) is -0.230. The summed E-state index contributed by atoms with van der Waals surface area (Å²) in [5.41, 5.74) is -1.12. The molecule has 3 aromatic rings. The molecule has 1 saturated heterocycles. The van der Waals surface area contributed by atoms with Gasteiger partial charge in [-0.2, -0.15) is 0 Å². The average Bonchev–Trinajstić information content (AvgIpc) is 2.81. The number of benzene rings is 2. The summed E-state index contributed by atoms with van der Waals surface area (Å²) in [6.45, 7) is 0.710. The first-order valence-corrected chi connectivity index (χ1v) is 10.1. The maximum absolute atomic E-state index is 12.6. The second-order valence-electron chi connectivity index (χ2n) is 7.85. The molecule has 2 aromatic carbocycles. The van der Waals surface area contributed by atoms with E-state index in [9.17, 15) is 45.6 Å². The van der Waals surface area contributed by atoms with Crippen molar-refractivity contribution in [2.75, 3.05) is 6.61 Å². The Morgan fingerprint density at radius 3 is 2.29 bits per heavy atom. The fraction of sp³-hybridized carbons (Fsp3) is 0.318. The Bertz CT molecular complexity index is 1300. The van der Waals surface area contributed by atoms with Gasteiger partial charge in [-0.3, -0.25) is 4.79 Å². The van der Waals surface area contributed by atoms with Gasteiger partial charge in [-0.25, -0.2) is 0 Å². The molecule has 34 heavy (non-hydrogen) atoms. The Balaban J connectivity index is 1.70. The highest BCUT2D eigenvalue weighted by Gasteiger charge is 2.45. The number of fused-ring (bicyclic) bond motifs is 1. The fourth-order valence-corrected chi connectivity index (χ4v) is 3.65. The molecule has 0 spiro atoms. The first kappa shape index (κ1) is 23.6. The van der Waals surface area contributed by atoms with E-state index in [4.69, 9.17) is 13.9 Å². The molecule has 5 unspecified atom stereocenters. The number of rotatable bonds is 4. The smallest absolute Gasteiger partial charge is 0.238 e. The molecule has 0 radical (unpaired) electrons. The first-order chi connectivity index (χ1) is 16.0. The van der Waals surface area contributed by atoms with Gasteiger partial charge in [-0.05, 0) is 25.1 Å². The van der Waals surface area contributed by atoms with Crippen molar-refractivity contribution in [3.63, 3.8) is 0 Å². The third kappa shape index (κ3) is 3.77. The first-order valence-electron chi connectivity index (χ1n) is 10.1. The Labute approximate surface area is 190 Å². The third-order valence-corrected chi connectivity index (χ3v) is 5.67. The van der Waals surface area contributed by atoms with Crippen molar-refractivity contribution in [1.29, 1.82) is 0 Å². The van der Waals surface area contributed by atoms with E-state index < -0.39 is 60.0 Å². The van der Waals surface area contributed by atoms with Crippen LogP contribution in [0.2, 0.25) is 0 Å². The highest BCUT2D eigenvalue weighted by atomic mass is 16.7. The molecule has 0 saturated carbocycles. The Morgan fingerprint density at radius 2 is 1.65 bits per heavy atom. The van der Waals surface area contributed by atoms with E-state index >= 15 is 0 Å². The van der Waals surface area contributed by atoms with Gasteiger partial charge in [0, 0.05) is 17.2 Å². The van der Waals surface area contributed by atoms with E-state index in [0.29, 0.717) is 0 Å². The Morgan fingerprint density at radius 1 is 0.941 bits per heavy atom. The van der Waals surface area contributed by atoms with E-state index in [1.165, 1.54) is 19.1 Å². The number of phenols is 3. The molecule has 0 aliphatic carbocycles. The van der Waals surface area contributed by atoms with Crippen LogP contribution >= 0.6 is 0 Å². The summed E-state index contributed by atoms with van der Waals surface area (Å²) in [5, 5.41) is 79.6. The Kier molecular flexibility index (Phi) is 6.02. The molecule has 1 aliphatic rings. The van der Waals surface area contributed by atoms with Crippen molar-refractivity contribution < 1.29 is 54.7 Å². The predicted molar refractivity (Wildman–Crippen MR) is 114 cm³/mol. The molecule has 1 fully saturated rings. The number of aliphatic hydroxyl groups is 4. The maximum Gasteiger partial charge on any atom is 0.238 e. The van der Waals surface area contributed by atoms with Gasteiger partial charge < -0.3 is 54.7 Å². The zero-order chi connectivity index (χ0) is 24.9. The summed E-state index contributed by atoms with van der Waals surface area (Å²) in [5.74, 6) is -2.87. The highest BCUT2D eigenvalue weighted by molar-refractivity contribution is 5.89. The van der Waals surface area contributed by atoms with Crippen molar-refractivity contribution >= 4 is 11.0 Å². The highest BCUT2D eigenvalue weighted by Crippen LogP contribution is 2.40.